The van der Waals surface area contributed by atoms with Crippen molar-refractivity contribution in [3.05, 3.63) is 28.6 Å². The maximum Gasteiger partial charge on any atom is 0.00229 e. The Morgan fingerprint density at radius 2 is 2.44 bits per heavy atom. The molecule has 0 bridgehead atoms. The van der Waals surface area contributed by atoms with E-state index >= 15 is 0 Å². The molecule has 0 aliphatic heterocycles. The molecule has 1 radical (unpaired) electrons. The molecular formula is C8H10Br. The SMILES string of the molecule is CCC1=C(Br)[CH]CC=C1. The van der Waals surface area contributed by atoms with Gasteiger partial charge in [0, 0.05) is 10.9 Å². The number of allylic oxidation sites excluding steroid dienone is 4. The van der Waals surface area contributed by atoms with Crippen LogP contribution in [0.1, 0.15) is 19.8 Å². The van der Waals surface area contributed by atoms with Crippen LogP contribution in [0.15, 0.2) is 22.2 Å². The Morgan fingerprint density at radius 3 is 2.89 bits per heavy atom. The van der Waals surface area contributed by atoms with Gasteiger partial charge >= 0.3 is 0 Å². The zero-order valence-corrected chi connectivity index (χ0v) is 7.11. The number of hydrogen-bond donors (Lipinski definition) is 0. The number of hydrogen-bond acceptors (Lipinski definition) is 0. The monoisotopic (exact) mass is 185 g/mol. The summed E-state index contributed by atoms with van der Waals surface area (Å²) < 4.78 is 1.27. The molecule has 0 nitrogen and oxygen atoms in total. The summed E-state index contributed by atoms with van der Waals surface area (Å²) in [6.45, 7) is 2.17. The minimum atomic E-state index is 1.07. The van der Waals surface area contributed by atoms with E-state index in [9.17, 15) is 0 Å². The van der Waals surface area contributed by atoms with Crippen LogP contribution in [0.3, 0.4) is 0 Å². The fourth-order valence-electron chi connectivity index (χ4n) is 0.879. The Balaban J connectivity index is 2.72. The highest BCUT2D eigenvalue weighted by molar-refractivity contribution is 9.11. The van der Waals surface area contributed by atoms with Crippen LogP contribution in [0.25, 0.3) is 0 Å². The van der Waals surface area contributed by atoms with E-state index in [-0.39, 0.29) is 0 Å². The molecule has 0 amide bonds. The average Bonchev–Trinajstić information content (AvgIpc) is 1.89. The molecule has 0 heterocycles. The molecule has 0 spiro atoms. The van der Waals surface area contributed by atoms with Gasteiger partial charge in [-0.05, 0) is 18.4 Å². The zero-order valence-electron chi connectivity index (χ0n) is 5.52. The van der Waals surface area contributed by atoms with Gasteiger partial charge in [0.15, 0.2) is 0 Å². The molecule has 0 aromatic heterocycles. The summed E-state index contributed by atoms with van der Waals surface area (Å²) in [5.41, 5.74) is 1.40. The Bertz CT molecular complexity index is 154. The molecule has 0 aromatic carbocycles. The summed E-state index contributed by atoms with van der Waals surface area (Å²) in [6, 6.07) is 0. The van der Waals surface area contributed by atoms with Crippen molar-refractivity contribution < 1.29 is 0 Å². The van der Waals surface area contributed by atoms with E-state index < -0.39 is 0 Å². The molecule has 0 unspecified atom stereocenters. The van der Waals surface area contributed by atoms with Gasteiger partial charge in [0.25, 0.3) is 0 Å². The molecule has 0 atom stereocenters. The third-order valence-electron chi connectivity index (χ3n) is 1.44. The smallest absolute Gasteiger partial charge is 0.00229 e. The van der Waals surface area contributed by atoms with Crippen molar-refractivity contribution in [1.29, 1.82) is 0 Å². The van der Waals surface area contributed by atoms with Crippen molar-refractivity contribution >= 4 is 15.9 Å². The van der Waals surface area contributed by atoms with Crippen LogP contribution in [0.2, 0.25) is 0 Å². The molecular weight excluding hydrogens is 176 g/mol. The predicted molar refractivity (Wildman–Crippen MR) is 44.3 cm³/mol. The van der Waals surface area contributed by atoms with Gasteiger partial charge in [-0.2, -0.15) is 0 Å². The van der Waals surface area contributed by atoms with Crippen LogP contribution in [0.5, 0.6) is 0 Å². The summed E-state index contributed by atoms with van der Waals surface area (Å²) in [6.07, 6.45) is 8.75. The molecule has 0 fully saturated rings. The first-order chi connectivity index (χ1) is 4.34. The second kappa shape index (κ2) is 3.21. The van der Waals surface area contributed by atoms with E-state index in [1.54, 1.807) is 0 Å². The maximum absolute atomic E-state index is 3.49. The van der Waals surface area contributed by atoms with E-state index in [4.69, 9.17) is 0 Å². The van der Waals surface area contributed by atoms with Crippen molar-refractivity contribution in [3.8, 4) is 0 Å². The van der Waals surface area contributed by atoms with E-state index in [1.165, 1.54) is 10.1 Å². The van der Waals surface area contributed by atoms with E-state index in [1.807, 2.05) is 0 Å². The minimum Gasteiger partial charge on any atom is -0.0836 e. The maximum atomic E-state index is 3.49. The fourth-order valence-corrected chi connectivity index (χ4v) is 1.48. The Morgan fingerprint density at radius 1 is 1.67 bits per heavy atom. The van der Waals surface area contributed by atoms with Crippen molar-refractivity contribution in [3.63, 3.8) is 0 Å². The van der Waals surface area contributed by atoms with Crippen LogP contribution in [0.4, 0.5) is 0 Å². The second-order valence-corrected chi connectivity index (χ2v) is 2.92. The molecule has 9 heavy (non-hydrogen) atoms. The van der Waals surface area contributed by atoms with Crippen LogP contribution >= 0.6 is 15.9 Å². The summed E-state index contributed by atoms with van der Waals surface area (Å²) in [5, 5.41) is 0. The molecule has 0 N–H and O–H groups in total. The first-order valence-electron chi connectivity index (χ1n) is 3.23. The second-order valence-electron chi connectivity index (χ2n) is 2.07. The van der Waals surface area contributed by atoms with E-state index in [2.05, 4.69) is 41.4 Å². The van der Waals surface area contributed by atoms with E-state index in [0.29, 0.717) is 0 Å². The summed E-state index contributed by atoms with van der Waals surface area (Å²) in [7, 11) is 0. The highest BCUT2D eigenvalue weighted by Crippen LogP contribution is 2.24. The Kier molecular flexibility index (Phi) is 2.52. The van der Waals surface area contributed by atoms with Crippen LogP contribution in [0, 0.1) is 6.42 Å². The summed E-state index contributed by atoms with van der Waals surface area (Å²) >= 11 is 3.49. The van der Waals surface area contributed by atoms with Gasteiger partial charge in [0.05, 0.1) is 0 Å². The van der Waals surface area contributed by atoms with Gasteiger partial charge in [0.1, 0.15) is 0 Å². The molecule has 0 saturated carbocycles. The van der Waals surface area contributed by atoms with E-state index in [0.717, 1.165) is 12.8 Å². The quantitative estimate of drug-likeness (QED) is 0.589. The van der Waals surface area contributed by atoms with Gasteiger partial charge in [-0.25, -0.2) is 0 Å². The average molecular weight is 186 g/mol. The van der Waals surface area contributed by atoms with Crippen LogP contribution in [-0.2, 0) is 0 Å². The highest BCUT2D eigenvalue weighted by atomic mass is 79.9. The molecule has 49 valence electrons. The molecule has 1 aliphatic rings. The van der Waals surface area contributed by atoms with Gasteiger partial charge in [0.2, 0.25) is 0 Å². The zero-order chi connectivity index (χ0) is 6.69. The predicted octanol–water partition coefficient (Wildman–Crippen LogP) is 3.21. The molecule has 1 aliphatic carbocycles. The van der Waals surface area contributed by atoms with Crippen LogP contribution < -0.4 is 0 Å². The first kappa shape index (κ1) is 7.07. The van der Waals surface area contributed by atoms with Crippen molar-refractivity contribution in [2.75, 3.05) is 0 Å². The third-order valence-corrected chi connectivity index (χ3v) is 2.27. The first-order valence-corrected chi connectivity index (χ1v) is 4.02. The van der Waals surface area contributed by atoms with Gasteiger partial charge in [-0.15, -0.1) is 0 Å². The molecule has 0 saturated heterocycles. The number of halogens is 1. The lowest BCUT2D eigenvalue weighted by Crippen LogP contribution is -1.87. The summed E-state index contributed by atoms with van der Waals surface area (Å²) in [4.78, 5) is 0. The standard InChI is InChI=1S/C8H10Br/c1-2-7-5-3-4-6-8(7)9/h3,5-6H,2,4H2,1H3. The van der Waals surface area contributed by atoms with Crippen molar-refractivity contribution in [2.24, 2.45) is 0 Å². The van der Waals surface area contributed by atoms with Gasteiger partial charge in [-0.3, -0.25) is 0 Å². The Labute approximate surface area is 64.8 Å². The Hall–Kier alpha value is -0.0400. The topological polar surface area (TPSA) is 0 Å². The molecule has 1 heteroatoms. The highest BCUT2D eigenvalue weighted by Gasteiger charge is 2.01. The van der Waals surface area contributed by atoms with Crippen LogP contribution in [-0.4, -0.2) is 0 Å². The van der Waals surface area contributed by atoms with Crippen molar-refractivity contribution in [1.82, 2.24) is 0 Å². The summed E-state index contributed by atoms with van der Waals surface area (Å²) in [5.74, 6) is 0. The third kappa shape index (κ3) is 1.68. The lowest BCUT2D eigenvalue weighted by molar-refractivity contribution is 1.10. The minimum absolute atomic E-state index is 1.07. The largest absolute Gasteiger partial charge is 0.0836 e. The van der Waals surface area contributed by atoms with Gasteiger partial charge in [-0.1, -0.05) is 35.0 Å². The fraction of sp³-hybridized carbons (Fsp3) is 0.375. The lowest BCUT2D eigenvalue weighted by Gasteiger charge is -2.07. The van der Waals surface area contributed by atoms with Gasteiger partial charge < -0.3 is 0 Å². The molecule has 1 rings (SSSR count). The van der Waals surface area contributed by atoms with Crippen molar-refractivity contribution in [2.45, 2.75) is 19.8 Å². The lowest BCUT2D eigenvalue weighted by atomic mass is 10.1. The molecule has 0 aromatic rings. The number of rotatable bonds is 1. The normalized spacial score (nSPS) is 18.9.